The third kappa shape index (κ3) is 4.78. The monoisotopic (exact) mass is 216 g/mol. The van der Waals surface area contributed by atoms with Crippen molar-refractivity contribution in [1.29, 1.82) is 0 Å². The molecule has 0 saturated carbocycles. The van der Waals surface area contributed by atoms with E-state index in [1.165, 1.54) is 0 Å². The smallest absolute Gasteiger partial charge is 0.308 e. The minimum atomic E-state index is -0.906. The molecule has 5 nitrogen and oxygen atoms in total. The van der Waals surface area contributed by atoms with Crippen LogP contribution >= 0.6 is 0 Å². The fourth-order valence-electron chi connectivity index (χ4n) is 1.08. The number of hydrogen-bond donors (Lipinski definition) is 3. The molecule has 1 atom stereocenters. The van der Waals surface area contributed by atoms with Crippen LogP contribution in [-0.4, -0.2) is 35.6 Å². The molecule has 1 unspecified atom stereocenters. The van der Waals surface area contributed by atoms with E-state index in [2.05, 4.69) is 10.6 Å². The van der Waals surface area contributed by atoms with Gasteiger partial charge in [-0.3, -0.25) is 9.59 Å². The molecule has 0 aliphatic rings. The molecule has 0 aromatic heterocycles. The Morgan fingerprint density at radius 2 is 1.93 bits per heavy atom. The topological polar surface area (TPSA) is 78.4 Å². The zero-order valence-electron chi connectivity index (χ0n) is 9.76. The van der Waals surface area contributed by atoms with Crippen LogP contribution in [0.2, 0.25) is 0 Å². The van der Waals surface area contributed by atoms with Crippen LogP contribution in [0.15, 0.2) is 0 Å². The highest BCUT2D eigenvalue weighted by Crippen LogP contribution is 2.02. The maximum atomic E-state index is 11.6. The highest BCUT2D eigenvalue weighted by molar-refractivity contribution is 5.85. The van der Waals surface area contributed by atoms with Crippen molar-refractivity contribution in [3.05, 3.63) is 0 Å². The molecule has 1 amide bonds. The lowest BCUT2D eigenvalue weighted by atomic mass is 10.0. The van der Waals surface area contributed by atoms with Gasteiger partial charge in [0.25, 0.3) is 0 Å². The molecule has 0 saturated heterocycles. The highest BCUT2D eigenvalue weighted by Gasteiger charge is 2.26. The van der Waals surface area contributed by atoms with Crippen molar-refractivity contribution in [3.63, 3.8) is 0 Å². The largest absolute Gasteiger partial charge is 0.481 e. The second-order valence-electron chi connectivity index (χ2n) is 4.10. The Hall–Kier alpha value is -1.10. The molecule has 0 spiro atoms. The minimum Gasteiger partial charge on any atom is -0.481 e. The van der Waals surface area contributed by atoms with Crippen LogP contribution in [-0.2, 0) is 9.59 Å². The summed E-state index contributed by atoms with van der Waals surface area (Å²) < 4.78 is 0. The minimum absolute atomic E-state index is 0.156. The SMILES string of the molecule is CCNC(C)(C)C(=O)NCC(C)C(=O)O. The van der Waals surface area contributed by atoms with E-state index in [1.54, 1.807) is 20.8 Å². The van der Waals surface area contributed by atoms with Crippen molar-refractivity contribution in [2.24, 2.45) is 5.92 Å². The second-order valence-corrected chi connectivity index (χ2v) is 4.10. The molecule has 0 fully saturated rings. The Morgan fingerprint density at radius 1 is 1.40 bits per heavy atom. The summed E-state index contributed by atoms with van der Waals surface area (Å²) in [5, 5.41) is 14.3. The fourth-order valence-corrected chi connectivity index (χ4v) is 1.08. The van der Waals surface area contributed by atoms with Crippen molar-refractivity contribution < 1.29 is 14.7 Å². The summed E-state index contributed by atoms with van der Waals surface area (Å²) in [5.41, 5.74) is -0.660. The van der Waals surface area contributed by atoms with Gasteiger partial charge in [0.1, 0.15) is 0 Å². The van der Waals surface area contributed by atoms with Crippen LogP contribution in [0.5, 0.6) is 0 Å². The molecular formula is C10H20N2O3. The lowest BCUT2D eigenvalue weighted by Gasteiger charge is -2.24. The van der Waals surface area contributed by atoms with E-state index in [0.29, 0.717) is 6.54 Å². The van der Waals surface area contributed by atoms with Crippen molar-refractivity contribution in [2.45, 2.75) is 33.2 Å². The first kappa shape index (κ1) is 13.9. The van der Waals surface area contributed by atoms with Gasteiger partial charge in [0.15, 0.2) is 0 Å². The number of carbonyl (C=O) groups is 2. The molecule has 0 aliphatic heterocycles. The van der Waals surface area contributed by atoms with E-state index < -0.39 is 17.4 Å². The standard InChI is InChI=1S/C10H20N2O3/c1-5-12-10(3,4)9(15)11-6-7(2)8(13)14/h7,12H,5-6H2,1-4H3,(H,11,15)(H,13,14). The summed E-state index contributed by atoms with van der Waals surface area (Å²) in [6.07, 6.45) is 0. The van der Waals surface area contributed by atoms with Gasteiger partial charge < -0.3 is 15.7 Å². The number of nitrogens with one attached hydrogen (secondary N) is 2. The van der Waals surface area contributed by atoms with Crippen LogP contribution < -0.4 is 10.6 Å². The highest BCUT2D eigenvalue weighted by atomic mass is 16.4. The molecule has 0 aromatic rings. The molecule has 88 valence electrons. The number of carboxylic acid groups (broad SMARTS) is 1. The van der Waals surface area contributed by atoms with E-state index >= 15 is 0 Å². The first-order valence-corrected chi connectivity index (χ1v) is 5.07. The predicted octanol–water partition coefficient (Wildman–Crippen LogP) is 0.211. The second kappa shape index (κ2) is 5.70. The van der Waals surface area contributed by atoms with E-state index in [1.807, 2.05) is 6.92 Å². The summed E-state index contributed by atoms with van der Waals surface area (Å²) in [5.74, 6) is -1.65. The lowest BCUT2D eigenvalue weighted by molar-refractivity contribution is -0.141. The van der Waals surface area contributed by atoms with Crippen LogP contribution in [0, 0.1) is 5.92 Å². The molecule has 0 heterocycles. The molecule has 0 aromatic carbocycles. The van der Waals surface area contributed by atoms with Gasteiger partial charge in [-0.2, -0.15) is 0 Å². The van der Waals surface area contributed by atoms with E-state index in [0.717, 1.165) is 0 Å². The normalized spacial score (nSPS) is 13.3. The van der Waals surface area contributed by atoms with Gasteiger partial charge in [0.05, 0.1) is 11.5 Å². The summed E-state index contributed by atoms with van der Waals surface area (Å²) >= 11 is 0. The van der Waals surface area contributed by atoms with Gasteiger partial charge in [-0.15, -0.1) is 0 Å². The number of aliphatic carboxylic acids is 1. The number of carbonyl (C=O) groups excluding carboxylic acids is 1. The summed E-state index contributed by atoms with van der Waals surface area (Å²) in [6, 6.07) is 0. The molecule has 0 bridgehead atoms. The predicted molar refractivity (Wildman–Crippen MR) is 57.6 cm³/mol. The Morgan fingerprint density at radius 3 is 2.33 bits per heavy atom. The molecule has 3 N–H and O–H groups in total. The number of hydrogen-bond acceptors (Lipinski definition) is 3. The number of rotatable bonds is 6. The first-order valence-electron chi connectivity index (χ1n) is 5.07. The molecule has 0 radical (unpaired) electrons. The van der Waals surface area contributed by atoms with Crippen molar-refractivity contribution >= 4 is 11.9 Å². The number of likely N-dealkylation sites (N-methyl/N-ethyl adjacent to an activating group) is 1. The number of amides is 1. The molecule has 0 rings (SSSR count). The Labute approximate surface area is 90.2 Å². The van der Waals surface area contributed by atoms with Crippen LogP contribution in [0.1, 0.15) is 27.7 Å². The zero-order chi connectivity index (χ0) is 12.1. The first-order chi connectivity index (χ1) is 6.81. The zero-order valence-corrected chi connectivity index (χ0v) is 9.76. The average molecular weight is 216 g/mol. The average Bonchev–Trinajstić information content (AvgIpc) is 2.13. The Bertz CT molecular complexity index is 239. The Kier molecular flexibility index (Phi) is 5.28. The third-order valence-electron chi connectivity index (χ3n) is 2.18. The molecule has 15 heavy (non-hydrogen) atoms. The van der Waals surface area contributed by atoms with Crippen molar-refractivity contribution in [3.8, 4) is 0 Å². The summed E-state index contributed by atoms with van der Waals surface area (Å²) in [6.45, 7) is 7.84. The molecule has 0 aliphatic carbocycles. The van der Waals surface area contributed by atoms with Crippen molar-refractivity contribution in [2.75, 3.05) is 13.1 Å². The lowest BCUT2D eigenvalue weighted by Crippen LogP contribution is -2.53. The van der Waals surface area contributed by atoms with Gasteiger partial charge >= 0.3 is 5.97 Å². The molecule has 5 heteroatoms. The number of carboxylic acids is 1. The molecular weight excluding hydrogens is 196 g/mol. The Balaban J connectivity index is 4.08. The quantitative estimate of drug-likeness (QED) is 0.593. The van der Waals surface area contributed by atoms with Crippen LogP contribution in [0.3, 0.4) is 0 Å². The van der Waals surface area contributed by atoms with E-state index in [-0.39, 0.29) is 12.5 Å². The maximum absolute atomic E-state index is 11.6. The van der Waals surface area contributed by atoms with Gasteiger partial charge in [-0.05, 0) is 20.4 Å². The summed E-state index contributed by atoms with van der Waals surface area (Å²) in [7, 11) is 0. The fraction of sp³-hybridized carbons (Fsp3) is 0.800. The van der Waals surface area contributed by atoms with E-state index in [4.69, 9.17) is 5.11 Å². The van der Waals surface area contributed by atoms with E-state index in [9.17, 15) is 9.59 Å². The third-order valence-corrected chi connectivity index (χ3v) is 2.18. The van der Waals surface area contributed by atoms with Crippen LogP contribution in [0.4, 0.5) is 0 Å². The van der Waals surface area contributed by atoms with Crippen molar-refractivity contribution in [1.82, 2.24) is 10.6 Å². The maximum Gasteiger partial charge on any atom is 0.308 e. The van der Waals surface area contributed by atoms with Gasteiger partial charge in [-0.1, -0.05) is 13.8 Å². The van der Waals surface area contributed by atoms with Gasteiger partial charge in [-0.25, -0.2) is 0 Å². The van der Waals surface area contributed by atoms with Gasteiger partial charge in [0.2, 0.25) is 5.91 Å². The van der Waals surface area contributed by atoms with Gasteiger partial charge in [0, 0.05) is 6.54 Å². The van der Waals surface area contributed by atoms with Crippen LogP contribution in [0.25, 0.3) is 0 Å². The summed E-state index contributed by atoms with van der Waals surface area (Å²) in [4.78, 5) is 22.1.